The van der Waals surface area contributed by atoms with Gasteiger partial charge in [-0.2, -0.15) is 0 Å². The predicted octanol–water partition coefficient (Wildman–Crippen LogP) is 4.58. The summed E-state index contributed by atoms with van der Waals surface area (Å²) in [6, 6.07) is 15.4. The average molecular weight is 504 g/mol. The van der Waals surface area contributed by atoms with Gasteiger partial charge in [-0.1, -0.05) is 39.0 Å². The first-order chi connectivity index (χ1) is 17.5. The van der Waals surface area contributed by atoms with E-state index in [1.165, 1.54) is 11.6 Å². The van der Waals surface area contributed by atoms with Gasteiger partial charge in [-0.15, -0.1) is 4.57 Å². The van der Waals surface area contributed by atoms with E-state index in [4.69, 9.17) is 14.0 Å². The molecule has 2 aromatic carbocycles. The van der Waals surface area contributed by atoms with Gasteiger partial charge in [0.15, 0.2) is 12.3 Å². The van der Waals surface area contributed by atoms with Crippen LogP contribution in [0.1, 0.15) is 53.7 Å². The number of nitrogens with one attached hydrogen (secondary N) is 1. The maximum atomic E-state index is 12.6. The number of carbonyl (C=O) groups excluding carboxylic acids is 2. The van der Waals surface area contributed by atoms with E-state index >= 15 is 0 Å². The van der Waals surface area contributed by atoms with E-state index in [-0.39, 0.29) is 30.1 Å². The Hall–Kier alpha value is -4.40. The normalized spacial score (nSPS) is 11.4. The molecule has 0 atom stereocenters. The molecule has 0 unspecified atom stereocenters. The van der Waals surface area contributed by atoms with E-state index in [9.17, 15) is 14.4 Å². The number of rotatable bonds is 7. The molecule has 0 bridgehead atoms. The van der Waals surface area contributed by atoms with Crippen LogP contribution in [0.25, 0.3) is 5.65 Å². The lowest BCUT2D eigenvalue weighted by molar-refractivity contribution is -0.118. The summed E-state index contributed by atoms with van der Waals surface area (Å²) in [5.74, 6) is 0.156. The van der Waals surface area contributed by atoms with Crippen LogP contribution in [-0.2, 0) is 21.6 Å². The molecule has 1 N–H and O–H groups in total. The van der Waals surface area contributed by atoms with Gasteiger partial charge in [0.1, 0.15) is 18.1 Å². The van der Waals surface area contributed by atoms with Crippen molar-refractivity contribution in [2.24, 2.45) is 0 Å². The number of amides is 1. The van der Waals surface area contributed by atoms with Crippen molar-refractivity contribution in [1.82, 2.24) is 9.56 Å². The molecule has 4 aromatic rings. The molecule has 0 aliphatic carbocycles. The summed E-state index contributed by atoms with van der Waals surface area (Å²) in [5.41, 5.74) is 2.92. The molecule has 37 heavy (non-hydrogen) atoms. The van der Waals surface area contributed by atoms with Gasteiger partial charge in [-0.3, -0.25) is 9.59 Å². The molecule has 0 fully saturated rings. The lowest BCUT2D eigenvalue weighted by Crippen LogP contribution is -2.21. The number of fused-ring (bicyclic) bond motifs is 1. The highest BCUT2D eigenvalue weighted by Crippen LogP contribution is 2.24. The van der Waals surface area contributed by atoms with E-state index < -0.39 is 11.5 Å². The molecular formula is C28H29N3O6. The maximum absolute atomic E-state index is 12.6. The summed E-state index contributed by atoms with van der Waals surface area (Å²) in [5, 5.41) is 2.78. The van der Waals surface area contributed by atoms with Crippen LogP contribution in [0.4, 0.5) is 5.69 Å². The summed E-state index contributed by atoms with van der Waals surface area (Å²) < 4.78 is 17.3. The van der Waals surface area contributed by atoms with Crippen molar-refractivity contribution in [3.63, 3.8) is 0 Å². The molecule has 2 aromatic heterocycles. The first-order valence-corrected chi connectivity index (χ1v) is 11.8. The SMILES string of the molecule is Cc1cc2nc(COC(=O)c3ccc(C)c(NC(=O)COc4ccc(C(C)(C)C)cc4)c3)cc(=O)n2o1. The van der Waals surface area contributed by atoms with Gasteiger partial charge in [0.2, 0.25) is 0 Å². The van der Waals surface area contributed by atoms with Crippen molar-refractivity contribution in [3.8, 4) is 5.75 Å². The van der Waals surface area contributed by atoms with Crippen LogP contribution >= 0.6 is 0 Å². The van der Waals surface area contributed by atoms with Crippen molar-refractivity contribution in [2.45, 2.75) is 46.6 Å². The molecule has 2 heterocycles. The number of ether oxygens (including phenoxy) is 2. The van der Waals surface area contributed by atoms with Crippen LogP contribution in [0, 0.1) is 13.8 Å². The van der Waals surface area contributed by atoms with E-state index in [0.29, 0.717) is 28.5 Å². The molecule has 0 aliphatic rings. The quantitative estimate of drug-likeness (QED) is 0.368. The van der Waals surface area contributed by atoms with Gasteiger partial charge in [-0.05, 0) is 54.7 Å². The fourth-order valence-electron chi connectivity index (χ4n) is 3.64. The van der Waals surface area contributed by atoms with E-state index in [0.717, 1.165) is 10.1 Å². The minimum atomic E-state index is -0.615. The zero-order valence-corrected chi connectivity index (χ0v) is 21.5. The molecule has 192 valence electrons. The first-order valence-electron chi connectivity index (χ1n) is 11.8. The average Bonchev–Trinajstić information content (AvgIpc) is 3.23. The summed E-state index contributed by atoms with van der Waals surface area (Å²) in [6.07, 6.45) is 0. The Morgan fingerprint density at radius 1 is 1.03 bits per heavy atom. The standard InChI is InChI=1S/C28H29N3O6/c1-17-6-7-19(27(34)36-15-21-14-26(33)31-24(29-21)12-18(2)37-31)13-23(17)30-25(32)16-35-22-10-8-20(9-11-22)28(3,4)5/h6-14H,15-16H2,1-5H3,(H,30,32). The fraction of sp³-hybridized carbons (Fsp3) is 0.286. The minimum absolute atomic E-state index is 0.0285. The Labute approximate surface area is 214 Å². The molecule has 0 spiro atoms. The minimum Gasteiger partial charge on any atom is -0.484 e. The Balaban J connectivity index is 1.36. The van der Waals surface area contributed by atoms with Crippen molar-refractivity contribution < 1.29 is 23.6 Å². The van der Waals surface area contributed by atoms with Gasteiger partial charge in [0.25, 0.3) is 11.5 Å². The Bertz CT molecular complexity index is 1510. The van der Waals surface area contributed by atoms with Gasteiger partial charge >= 0.3 is 5.97 Å². The lowest BCUT2D eigenvalue weighted by atomic mass is 9.87. The number of carbonyl (C=O) groups is 2. The molecule has 4 rings (SSSR count). The van der Waals surface area contributed by atoms with Crippen molar-refractivity contribution in [2.75, 3.05) is 11.9 Å². The second-order valence-corrected chi connectivity index (χ2v) is 9.80. The van der Waals surface area contributed by atoms with Gasteiger partial charge in [0, 0.05) is 17.8 Å². The molecule has 0 radical (unpaired) electrons. The number of hydrogen-bond donors (Lipinski definition) is 1. The number of nitrogens with zero attached hydrogens (tertiary/aromatic N) is 2. The number of aromatic nitrogens is 2. The summed E-state index contributed by atoms with van der Waals surface area (Å²) in [6.45, 7) is 9.53. The van der Waals surface area contributed by atoms with Crippen LogP contribution in [-0.4, -0.2) is 28.0 Å². The van der Waals surface area contributed by atoms with Crippen molar-refractivity contribution in [1.29, 1.82) is 0 Å². The van der Waals surface area contributed by atoms with Gasteiger partial charge in [0.05, 0.1) is 11.3 Å². The fourth-order valence-corrected chi connectivity index (χ4v) is 3.64. The van der Waals surface area contributed by atoms with Crippen molar-refractivity contribution in [3.05, 3.63) is 93.1 Å². The second kappa shape index (κ2) is 10.3. The topological polar surface area (TPSA) is 112 Å². The van der Waals surface area contributed by atoms with E-state index in [1.54, 1.807) is 31.2 Å². The monoisotopic (exact) mass is 503 g/mol. The zero-order chi connectivity index (χ0) is 26.7. The second-order valence-electron chi connectivity index (χ2n) is 9.80. The van der Waals surface area contributed by atoms with Gasteiger partial charge in [-0.25, -0.2) is 9.78 Å². The number of aryl methyl sites for hydroxylation is 2. The highest BCUT2D eigenvalue weighted by Gasteiger charge is 2.15. The van der Waals surface area contributed by atoms with Crippen LogP contribution in [0.5, 0.6) is 5.75 Å². The predicted molar refractivity (Wildman–Crippen MR) is 138 cm³/mol. The molecule has 0 aliphatic heterocycles. The zero-order valence-electron chi connectivity index (χ0n) is 21.5. The molecule has 0 saturated carbocycles. The smallest absolute Gasteiger partial charge is 0.338 e. The molecule has 1 amide bonds. The molecular weight excluding hydrogens is 474 g/mol. The number of benzene rings is 2. The molecule has 9 heteroatoms. The van der Waals surface area contributed by atoms with Crippen LogP contribution < -0.4 is 15.6 Å². The van der Waals surface area contributed by atoms with Gasteiger partial charge < -0.3 is 19.3 Å². The number of esters is 1. The van der Waals surface area contributed by atoms with Crippen molar-refractivity contribution >= 4 is 23.2 Å². The number of hydrogen-bond acceptors (Lipinski definition) is 7. The van der Waals surface area contributed by atoms with E-state index in [2.05, 4.69) is 31.1 Å². The van der Waals surface area contributed by atoms with E-state index in [1.807, 2.05) is 31.2 Å². The largest absolute Gasteiger partial charge is 0.484 e. The lowest BCUT2D eigenvalue weighted by Gasteiger charge is -2.19. The van der Waals surface area contributed by atoms with Crippen LogP contribution in [0.15, 0.2) is 63.9 Å². The summed E-state index contributed by atoms with van der Waals surface area (Å²) in [7, 11) is 0. The maximum Gasteiger partial charge on any atom is 0.338 e. The summed E-state index contributed by atoms with van der Waals surface area (Å²) in [4.78, 5) is 41.6. The third-order valence-electron chi connectivity index (χ3n) is 5.71. The highest BCUT2D eigenvalue weighted by molar-refractivity contribution is 5.96. The number of anilines is 1. The highest BCUT2D eigenvalue weighted by atomic mass is 16.5. The Morgan fingerprint density at radius 2 is 1.76 bits per heavy atom. The first kappa shape index (κ1) is 25.7. The summed E-state index contributed by atoms with van der Waals surface area (Å²) >= 11 is 0. The molecule has 9 nitrogen and oxygen atoms in total. The third-order valence-corrected chi connectivity index (χ3v) is 5.71. The Kier molecular flexibility index (Phi) is 7.15. The third kappa shape index (κ3) is 6.24. The van der Waals surface area contributed by atoms with Crippen LogP contribution in [0.2, 0.25) is 0 Å². The van der Waals surface area contributed by atoms with Crippen LogP contribution in [0.3, 0.4) is 0 Å². The molecule has 0 saturated heterocycles. The Morgan fingerprint density at radius 3 is 2.46 bits per heavy atom.